The summed E-state index contributed by atoms with van der Waals surface area (Å²) in [6.07, 6.45) is 4.00. The monoisotopic (exact) mass is 278 g/mol. The summed E-state index contributed by atoms with van der Waals surface area (Å²) in [7, 11) is 0. The zero-order valence-electron chi connectivity index (χ0n) is 12.7. The van der Waals surface area contributed by atoms with Crippen LogP contribution >= 0.6 is 0 Å². The van der Waals surface area contributed by atoms with Crippen molar-refractivity contribution in [3.63, 3.8) is 0 Å². The van der Waals surface area contributed by atoms with Crippen LogP contribution in [-0.4, -0.2) is 54.2 Å². The molecule has 0 unspecified atom stereocenters. The predicted octanol–water partition coefficient (Wildman–Crippen LogP) is 1.55. The third kappa shape index (κ3) is 2.28. The smallest absolute Gasteiger partial charge is 0.225 e. The molecule has 1 amide bonds. The lowest BCUT2D eigenvalue weighted by atomic mass is 9.57. The zero-order chi connectivity index (χ0) is 14.3. The molecule has 0 aromatic carbocycles. The van der Waals surface area contributed by atoms with Gasteiger partial charge in [0.1, 0.15) is 5.78 Å². The maximum Gasteiger partial charge on any atom is 0.225 e. The highest BCUT2D eigenvalue weighted by molar-refractivity contribution is 5.86. The number of carbonyl (C=O) groups is 2. The average molecular weight is 278 g/mol. The minimum absolute atomic E-state index is 0.178. The molecule has 1 saturated carbocycles. The molecule has 0 aromatic rings. The molecule has 112 valence electrons. The fourth-order valence-electron chi connectivity index (χ4n) is 4.37. The molecule has 0 aromatic heterocycles. The Morgan fingerprint density at radius 3 is 2.40 bits per heavy atom. The molecule has 0 atom stereocenters. The summed E-state index contributed by atoms with van der Waals surface area (Å²) in [4.78, 5) is 28.9. The van der Waals surface area contributed by atoms with Gasteiger partial charge in [-0.25, -0.2) is 0 Å². The molecule has 4 fully saturated rings. The van der Waals surface area contributed by atoms with Crippen LogP contribution in [0.25, 0.3) is 0 Å². The van der Waals surface area contributed by atoms with Crippen molar-refractivity contribution in [1.82, 2.24) is 9.80 Å². The summed E-state index contributed by atoms with van der Waals surface area (Å²) in [6.45, 7) is 8.62. The van der Waals surface area contributed by atoms with Gasteiger partial charge in [0.25, 0.3) is 0 Å². The number of hydrogen-bond acceptors (Lipinski definition) is 3. The highest BCUT2D eigenvalue weighted by Gasteiger charge is 2.54. The van der Waals surface area contributed by atoms with Crippen LogP contribution in [0.1, 0.15) is 39.5 Å². The Morgan fingerprint density at radius 1 is 1.20 bits per heavy atom. The Labute approximate surface area is 121 Å². The highest BCUT2D eigenvalue weighted by atomic mass is 16.2. The number of rotatable bonds is 3. The third-order valence-corrected chi connectivity index (χ3v) is 5.77. The number of likely N-dealkylation sites (tertiary alicyclic amines) is 1. The SMILES string of the molecule is CCN1CCC(C(=O)N2CC3CC(C(C)=O)(C3)C2)CC1. The van der Waals surface area contributed by atoms with E-state index in [1.54, 1.807) is 6.92 Å². The molecule has 20 heavy (non-hydrogen) atoms. The van der Waals surface area contributed by atoms with E-state index in [-0.39, 0.29) is 17.1 Å². The number of nitrogens with zero attached hydrogens (tertiary/aromatic N) is 2. The van der Waals surface area contributed by atoms with Gasteiger partial charge in [0, 0.05) is 24.4 Å². The van der Waals surface area contributed by atoms with Crippen LogP contribution in [0.3, 0.4) is 0 Å². The van der Waals surface area contributed by atoms with Crippen LogP contribution in [0, 0.1) is 17.3 Å². The molecule has 4 rings (SSSR count). The summed E-state index contributed by atoms with van der Waals surface area (Å²) in [5, 5.41) is 0. The van der Waals surface area contributed by atoms with Crippen LogP contribution in [0.5, 0.6) is 0 Å². The molecule has 3 heterocycles. The predicted molar refractivity (Wildman–Crippen MR) is 77.3 cm³/mol. The van der Waals surface area contributed by atoms with Crippen molar-refractivity contribution in [1.29, 1.82) is 0 Å². The first kappa shape index (κ1) is 14.1. The van der Waals surface area contributed by atoms with Crippen molar-refractivity contribution in [3.8, 4) is 0 Å². The summed E-state index contributed by atoms with van der Waals surface area (Å²) < 4.78 is 0. The molecule has 2 bridgehead atoms. The molecular weight excluding hydrogens is 252 g/mol. The lowest BCUT2D eigenvalue weighted by molar-refractivity contribution is -0.158. The minimum Gasteiger partial charge on any atom is -0.341 e. The van der Waals surface area contributed by atoms with Crippen molar-refractivity contribution >= 4 is 11.7 Å². The molecule has 1 aliphatic carbocycles. The van der Waals surface area contributed by atoms with E-state index in [0.717, 1.165) is 51.9 Å². The van der Waals surface area contributed by atoms with Crippen molar-refractivity contribution in [2.75, 3.05) is 32.7 Å². The zero-order valence-corrected chi connectivity index (χ0v) is 12.7. The number of Topliss-reactive ketones (excluding diaryl/α,β-unsaturated/α-hetero) is 1. The van der Waals surface area contributed by atoms with E-state index < -0.39 is 0 Å². The molecule has 3 saturated heterocycles. The van der Waals surface area contributed by atoms with Crippen molar-refractivity contribution in [2.45, 2.75) is 39.5 Å². The van der Waals surface area contributed by atoms with Gasteiger partial charge in [-0.05, 0) is 58.2 Å². The lowest BCUT2D eigenvalue weighted by Gasteiger charge is -2.55. The van der Waals surface area contributed by atoms with Crippen molar-refractivity contribution in [2.24, 2.45) is 17.3 Å². The van der Waals surface area contributed by atoms with Crippen molar-refractivity contribution < 1.29 is 9.59 Å². The largest absolute Gasteiger partial charge is 0.341 e. The summed E-state index contributed by atoms with van der Waals surface area (Å²) in [6, 6.07) is 0. The van der Waals surface area contributed by atoms with Gasteiger partial charge in [0.05, 0.1) is 0 Å². The van der Waals surface area contributed by atoms with Gasteiger partial charge >= 0.3 is 0 Å². The fraction of sp³-hybridized carbons (Fsp3) is 0.875. The number of piperidine rings is 3. The molecule has 3 aliphatic heterocycles. The Morgan fingerprint density at radius 2 is 1.85 bits per heavy atom. The number of carbonyl (C=O) groups excluding carboxylic acids is 2. The van der Waals surface area contributed by atoms with Gasteiger partial charge in [-0.2, -0.15) is 0 Å². The second-order valence-electron chi connectivity index (χ2n) is 7.04. The van der Waals surface area contributed by atoms with Gasteiger partial charge in [-0.1, -0.05) is 6.92 Å². The molecular formula is C16H26N2O2. The first-order valence-electron chi connectivity index (χ1n) is 8.06. The van der Waals surface area contributed by atoms with E-state index in [1.807, 2.05) is 4.90 Å². The van der Waals surface area contributed by atoms with Gasteiger partial charge in [0.15, 0.2) is 0 Å². The Bertz CT molecular complexity index is 407. The standard InChI is InChI=1S/C16H26N2O2/c1-3-17-6-4-14(5-7-17)15(20)18-10-13-8-16(9-13,11-18)12(2)19/h13-14H,3-11H2,1-2H3. The van der Waals surface area contributed by atoms with Gasteiger partial charge < -0.3 is 9.80 Å². The minimum atomic E-state index is -0.178. The Kier molecular flexibility index (Phi) is 3.61. The molecule has 0 radical (unpaired) electrons. The molecule has 4 nitrogen and oxygen atoms in total. The molecule has 4 aliphatic rings. The lowest BCUT2D eigenvalue weighted by Crippen LogP contribution is -2.61. The van der Waals surface area contributed by atoms with Crippen LogP contribution in [0.2, 0.25) is 0 Å². The van der Waals surface area contributed by atoms with E-state index >= 15 is 0 Å². The summed E-state index contributed by atoms with van der Waals surface area (Å²) >= 11 is 0. The molecule has 4 heteroatoms. The van der Waals surface area contributed by atoms with Gasteiger partial charge in [0.2, 0.25) is 5.91 Å². The van der Waals surface area contributed by atoms with Gasteiger partial charge in [-0.3, -0.25) is 9.59 Å². The maximum absolute atomic E-state index is 12.7. The van der Waals surface area contributed by atoms with Crippen LogP contribution < -0.4 is 0 Å². The van der Waals surface area contributed by atoms with E-state index in [4.69, 9.17) is 0 Å². The number of ketones is 1. The van der Waals surface area contributed by atoms with Crippen LogP contribution in [0.15, 0.2) is 0 Å². The number of fused-ring (bicyclic) bond motifs is 2. The highest BCUT2D eigenvalue weighted by Crippen LogP contribution is 2.51. The van der Waals surface area contributed by atoms with E-state index in [0.29, 0.717) is 18.4 Å². The molecule has 0 N–H and O–H groups in total. The number of hydrogen-bond donors (Lipinski definition) is 0. The topological polar surface area (TPSA) is 40.6 Å². The summed E-state index contributed by atoms with van der Waals surface area (Å²) in [5.74, 6) is 1.37. The Balaban J connectivity index is 1.60. The quantitative estimate of drug-likeness (QED) is 0.786. The van der Waals surface area contributed by atoms with E-state index in [9.17, 15) is 9.59 Å². The normalized spacial score (nSPS) is 34.7. The van der Waals surface area contributed by atoms with E-state index in [2.05, 4.69) is 11.8 Å². The van der Waals surface area contributed by atoms with Gasteiger partial charge in [-0.15, -0.1) is 0 Å². The molecule has 0 spiro atoms. The maximum atomic E-state index is 12.7. The average Bonchev–Trinajstić information content (AvgIpc) is 2.45. The second-order valence-corrected chi connectivity index (χ2v) is 7.04. The number of amides is 1. The fourth-order valence-corrected chi connectivity index (χ4v) is 4.37. The first-order valence-corrected chi connectivity index (χ1v) is 8.06. The van der Waals surface area contributed by atoms with E-state index in [1.165, 1.54) is 0 Å². The van der Waals surface area contributed by atoms with Crippen LogP contribution in [-0.2, 0) is 9.59 Å². The third-order valence-electron chi connectivity index (χ3n) is 5.77. The second kappa shape index (κ2) is 5.14. The van der Waals surface area contributed by atoms with Crippen LogP contribution in [0.4, 0.5) is 0 Å². The van der Waals surface area contributed by atoms with Crippen molar-refractivity contribution in [3.05, 3.63) is 0 Å². The first-order chi connectivity index (χ1) is 9.54. The summed E-state index contributed by atoms with van der Waals surface area (Å²) in [5.41, 5.74) is -0.178. The Hall–Kier alpha value is -0.900.